The zero-order valence-corrected chi connectivity index (χ0v) is 14.9. The summed E-state index contributed by atoms with van der Waals surface area (Å²) in [6.45, 7) is 14.3. The van der Waals surface area contributed by atoms with Gasteiger partial charge in [-0.25, -0.2) is 0 Å². The van der Waals surface area contributed by atoms with Crippen molar-refractivity contribution < 1.29 is 0 Å². The van der Waals surface area contributed by atoms with Gasteiger partial charge in [-0.2, -0.15) is 0 Å². The van der Waals surface area contributed by atoms with Crippen molar-refractivity contribution in [1.82, 2.24) is 0 Å². The van der Waals surface area contributed by atoms with Crippen LogP contribution in [0.4, 0.5) is 0 Å². The largest absolute Gasteiger partial charge is 0.327 e. The van der Waals surface area contributed by atoms with E-state index < -0.39 is 0 Å². The third kappa shape index (κ3) is 5.06. The molecule has 120 valence electrons. The van der Waals surface area contributed by atoms with Crippen molar-refractivity contribution in [3.05, 3.63) is 0 Å². The minimum Gasteiger partial charge on any atom is -0.327 e. The van der Waals surface area contributed by atoms with Crippen molar-refractivity contribution in [1.29, 1.82) is 0 Å². The monoisotopic (exact) mass is 281 g/mol. The summed E-state index contributed by atoms with van der Waals surface area (Å²) in [4.78, 5) is 0. The molecule has 0 spiro atoms. The zero-order chi connectivity index (χ0) is 15.3. The van der Waals surface area contributed by atoms with Crippen molar-refractivity contribution >= 4 is 0 Å². The second kappa shape index (κ2) is 8.41. The third-order valence-electron chi connectivity index (χ3n) is 6.45. The minimum atomic E-state index is 0.438. The van der Waals surface area contributed by atoms with Gasteiger partial charge in [0.1, 0.15) is 0 Å². The van der Waals surface area contributed by atoms with Crippen molar-refractivity contribution in [3.63, 3.8) is 0 Å². The van der Waals surface area contributed by atoms with E-state index in [1.807, 2.05) is 0 Å². The Morgan fingerprint density at radius 1 is 1.00 bits per heavy atom. The molecule has 0 saturated heterocycles. The van der Waals surface area contributed by atoms with Crippen LogP contribution in [0.5, 0.6) is 0 Å². The van der Waals surface area contributed by atoms with Crippen LogP contribution >= 0.6 is 0 Å². The number of nitrogens with two attached hydrogens (primary N) is 1. The van der Waals surface area contributed by atoms with E-state index >= 15 is 0 Å². The molecule has 0 radical (unpaired) electrons. The third-order valence-corrected chi connectivity index (χ3v) is 6.45. The molecule has 20 heavy (non-hydrogen) atoms. The highest BCUT2D eigenvalue weighted by Gasteiger charge is 2.31. The Labute approximate surface area is 128 Å². The van der Waals surface area contributed by atoms with E-state index in [4.69, 9.17) is 5.73 Å². The molecule has 0 bridgehead atoms. The van der Waals surface area contributed by atoms with Gasteiger partial charge in [0, 0.05) is 6.04 Å². The van der Waals surface area contributed by atoms with E-state index in [0.29, 0.717) is 12.0 Å². The molecular weight excluding hydrogens is 242 g/mol. The van der Waals surface area contributed by atoms with Gasteiger partial charge in [0.2, 0.25) is 0 Å². The maximum Gasteiger partial charge on any atom is 0.00697 e. The van der Waals surface area contributed by atoms with E-state index in [0.717, 1.165) is 29.6 Å². The second-order valence-electron chi connectivity index (χ2n) is 7.95. The molecule has 1 rings (SSSR count). The SMILES string of the molecule is CCC(CC1CC(C)C(C)C(N)C1)CC(C)C(C)CC. The smallest absolute Gasteiger partial charge is 0.00697 e. The first-order valence-corrected chi connectivity index (χ1v) is 9.14. The van der Waals surface area contributed by atoms with Gasteiger partial charge in [0.15, 0.2) is 0 Å². The van der Waals surface area contributed by atoms with Crippen LogP contribution in [0.25, 0.3) is 0 Å². The van der Waals surface area contributed by atoms with Crippen molar-refractivity contribution in [2.24, 2.45) is 41.2 Å². The molecule has 0 aromatic rings. The van der Waals surface area contributed by atoms with E-state index in [1.54, 1.807) is 0 Å². The maximum atomic E-state index is 6.35. The van der Waals surface area contributed by atoms with E-state index in [-0.39, 0.29) is 0 Å². The first kappa shape index (κ1) is 18.0. The molecule has 0 aliphatic heterocycles. The minimum absolute atomic E-state index is 0.438. The van der Waals surface area contributed by atoms with Gasteiger partial charge < -0.3 is 5.73 Å². The molecule has 1 fully saturated rings. The molecule has 1 saturated carbocycles. The van der Waals surface area contributed by atoms with Crippen LogP contribution in [-0.2, 0) is 0 Å². The Kier molecular flexibility index (Phi) is 7.58. The molecule has 1 aliphatic carbocycles. The average molecular weight is 282 g/mol. The quantitative estimate of drug-likeness (QED) is 0.656. The fraction of sp³-hybridized carbons (Fsp3) is 1.00. The zero-order valence-electron chi connectivity index (χ0n) is 14.9. The Hall–Kier alpha value is -0.0400. The molecule has 0 aromatic carbocycles. The fourth-order valence-electron chi connectivity index (χ4n) is 4.11. The number of hydrogen-bond donors (Lipinski definition) is 1. The Morgan fingerprint density at radius 3 is 2.15 bits per heavy atom. The first-order valence-electron chi connectivity index (χ1n) is 9.14. The van der Waals surface area contributed by atoms with Gasteiger partial charge in [-0.05, 0) is 61.2 Å². The molecule has 1 nitrogen and oxygen atoms in total. The molecule has 7 unspecified atom stereocenters. The van der Waals surface area contributed by atoms with E-state index in [9.17, 15) is 0 Å². The van der Waals surface area contributed by atoms with Crippen LogP contribution in [0.3, 0.4) is 0 Å². The summed E-state index contributed by atoms with van der Waals surface area (Å²) in [5, 5.41) is 0. The lowest BCUT2D eigenvalue weighted by Gasteiger charge is -2.38. The van der Waals surface area contributed by atoms with Crippen molar-refractivity contribution in [3.8, 4) is 0 Å². The first-order chi connectivity index (χ1) is 9.38. The molecule has 1 aliphatic rings. The molecule has 0 heterocycles. The van der Waals surface area contributed by atoms with Gasteiger partial charge in [0.25, 0.3) is 0 Å². The summed E-state index contributed by atoms with van der Waals surface area (Å²) in [5.41, 5.74) is 6.35. The Bertz CT molecular complexity index is 250. The van der Waals surface area contributed by atoms with Crippen LogP contribution in [0.15, 0.2) is 0 Å². The fourth-order valence-corrected chi connectivity index (χ4v) is 4.11. The van der Waals surface area contributed by atoms with Crippen LogP contribution in [0.2, 0.25) is 0 Å². The van der Waals surface area contributed by atoms with Crippen LogP contribution in [0.1, 0.15) is 80.1 Å². The summed E-state index contributed by atoms with van der Waals surface area (Å²) < 4.78 is 0. The van der Waals surface area contributed by atoms with Crippen LogP contribution in [0, 0.1) is 35.5 Å². The summed E-state index contributed by atoms with van der Waals surface area (Å²) in [5.74, 6) is 5.07. The lowest BCUT2D eigenvalue weighted by Crippen LogP contribution is -2.40. The molecule has 0 aromatic heterocycles. The number of hydrogen-bond acceptors (Lipinski definition) is 1. The molecule has 1 heteroatoms. The van der Waals surface area contributed by atoms with E-state index in [1.165, 1.54) is 38.5 Å². The number of rotatable bonds is 7. The summed E-state index contributed by atoms with van der Waals surface area (Å²) in [6.07, 6.45) is 8.17. The molecule has 2 N–H and O–H groups in total. The van der Waals surface area contributed by atoms with Crippen LogP contribution in [-0.4, -0.2) is 6.04 Å². The van der Waals surface area contributed by atoms with Gasteiger partial charge in [-0.1, -0.05) is 54.4 Å². The van der Waals surface area contributed by atoms with Gasteiger partial charge >= 0.3 is 0 Å². The Balaban J connectivity index is 2.48. The van der Waals surface area contributed by atoms with Gasteiger partial charge in [-0.3, -0.25) is 0 Å². The normalized spacial score (nSPS) is 35.5. The lowest BCUT2D eigenvalue weighted by atomic mass is 9.69. The predicted molar refractivity (Wildman–Crippen MR) is 90.7 cm³/mol. The summed E-state index contributed by atoms with van der Waals surface area (Å²) in [7, 11) is 0. The highest BCUT2D eigenvalue weighted by Crippen LogP contribution is 2.38. The second-order valence-corrected chi connectivity index (χ2v) is 7.95. The van der Waals surface area contributed by atoms with E-state index in [2.05, 4.69) is 41.5 Å². The van der Waals surface area contributed by atoms with Gasteiger partial charge in [-0.15, -0.1) is 0 Å². The maximum absolute atomic E-state index is 6.35. The highest BCUT2D eigenvalue weighted by atomic mass is 14.7. The Morgan fingerprint density at radius 2 is 1.65 bits per heavy atom. The molecular formula is C19H39N. The molecule has 0 amide bonds. The highest BCUT2D eigenvalue weighted by molar-refractivity contribution is 4.85. The van der Waals surface area contributed by atoms with Crippen LogP contribution < -0.4 is 5.73 Å². The average Bonchev–Trinajstić information content (AvgIpc) is 2.42. The topological polar surface area (TPSA) is 26.0 Å². The predicted octanol–water partition coefficient (Wildman–Crippen LogP) is 5.48. The standard InChI is InChI=1S/C19H39N/c1-7-13(3)14(4)9-17(8-2)11-18-10-15(5)16(6)19(20)12-18/h13-19H,7-12,20H2,1-6H3. The molecule has 7 atom stereocenters. The van der Waals surface area contributed by atoms with Crippen molar-refractivity contribution in [2.75, 3.05) is 0 Å². The lowest BCUT2D eigenvalue weighted by molar-refractivity contribution is 0.146. The van der Waals surface area contributed by atoms with Crippen molar-refractivity contribution in [2.45, 2.75) is 86.1 Å². The van der Waals surface area contributed by atoms with Gasteiger partial charge in [0.05, 0.1) is 0 Å². The summed E-state index contributed by atoms with van der Waals surface area (Å²) >= 11 is 0. The summed E-state index contributed by atoms with van der Waals surface area (Å²) in [6, 6.07) is 0.438.